The molecule has 1 fully saturated rings. The van der Waals surface area contributed by atoms with Crippen molar-refractivity contribution in [3.8, 4) is 11.6 Å². The molecule has 2 aromatic heterocycles. The minimum absolute atomic E-state index is 0.144. The quantitative estimate of drug-likeness (QED) is 0.427. The van der Waals surface area contributed by atoms with Crippen molar-refractivity contribution >= 4 is 17.1 Å². The van der Waals surface area contributed by atoms with Gasteiger partial charge in [-0.1, -0.05) is 6.07 Å². The van der Waals surface area contributed by atoms with Crippen molar-refractivity contribution in [3.05, 3.63) is 74.9 Å². The molecular formula is C26H27N5O5. The smallest absolute Gasteiger partial charge is 0.419 e. The van der Waals surface area contributed by atoms with E-state index in [4.69, 9.17) is 13.9 Å². The Labute approximate surface area is 207 Å². The van der Waals surface area contributed by atoms with Crippen molar-refractivity contribution in [2.24, 2.45) is 7.05 Å². The van der Waals surface area contributed by atoms with Crippen molar-refractivity contribution in [3.63, 3.8) is 0 Å². The first kappa shape index (κ1) is 22.6. The van der Waals surface area contributed by atoms with Gasteiger partial charge >= 0.3 is 11.7 Å². The third kappa shape index (κ3) is 3.61. The maximum absolute atomic E-state index is 11.9. The Bertz CT molecular complexity index is 1550. The second-order valence-corrected chi connectivity index (χ2v) is 9.29. The maximum Gasteiger partial charge on any atom is 0.419 e. The number of carbonyl (C=O) groups excluding carboxylic acids is 1. The predicted molar refractivity (Wildman–Crippen MR) is 131 cm³/mol. The molecule has 2 aromatic carbocycles. The fraction of sp³-hybridized carbons (Fsp3) is 0.346. The van der Waals surface area contributed by atoms with E-state index in [0.717, 1.165) is 42.0 Å². The first-order chi connectivity index (χ1) is 17.4. The minimum Gasteiger partial charge on any atom is -0.481 e. The standard InChI is InChI=1S/C26H27N5O5/c1-15-18(5-6-19-20(15)14-35-25(19)32)21-13-30(9-8-27-21)12-16-11-28-31(24(16)34-3)17-4-7-23-22(10-17)29(2)26(33)36-23/h4-7,10-11,21,27H,8-9,12-14H2,1-3H3. The Hall–Kier alpha value is -3.89. The molecule has 0 amide bonds. The van der Waals surface area contributed by atoms with Crippen LogP contribution in [0.1, 0.15) is 38.7 Å². The van der Waals surface area contributed by atoms with Crippen LogP contribution in [-0.2, 0) is 24.9 Å². The van der Waals surface area contributed by atoms with E-state index in [0.29, 0.717) is 35.7 Å². The summed E-state index contributed by atoms with van der Waals surface area (Å²) in [4.78, 5) is 26.2. The van der Waals surface area contributed by atoms with Gasteiger partial charge in [-0.05, 0) is 42.3 Å². The van der Waals surface area contributed by atoms with E-state index in [1.807, 2.05) is 30.5 Å². The monoisotopic (exact) mass is 489 g/mol. The molecule has 4 heterocycles. The Morgan fingerprint density at radius 2 is 2.08 bits per heavy atom. The summed E-state index contributed by atoms with van der Waals surface area (Å²) in [7, 11) is 3.32. The minimum atomic E-state index is -0.402. The number of ether oxygens (including phenoxy) is 2. The lowest BCUT2D eigenvalue weighted by Gasteiger charge is -2.34. The number of hydrogen-bond donors (Lipinski definition) is 1. The zero-order valence-corrected chi connectivity index (χ0v) is 20.4. The van der Waals surface area contributed by atoms with Crippen LogP contribution in [0.3, 0.4) is 0 Å². The number of methoxy groups -OCH3 is 1. The zero-order chi connectivity index (χ0) is 25.0. The van der Waals surface area contributed by atoms with Crippen molar-refractivity contribution in [1.29, 1.82) is 0 Å². The number of oxazole rings is 1. The van der Waals surface area contributed by atoms with Gasteiger partial charge < -0.3 is 19.2 Å². The summed E-state index contributed by atoms with van der Waals surface area (Å²) >= 11 is 0. The molecule has 1 atom stereocenters. The van der Waals surface area contributed by atoms with E-state index >= 15 is 0 Å². The fourth-order valence-electron chi connectivity index (χ4n) is 5.28. The van der Waals surface area contributed by atoms with Gasteiger partial charge in [0.05, 0.1) is 30.1 Å². The molecule has 0 bridgehead atoms. The van der Waals surface area contributed by atoms with Crippen LogP contribution in [0.5, 0.6) is 5.88 Å². The van der Waals surface area contributed by atoms with Gasteiger partial charge in [0.15, 0.2) is 5.58 Å². The van der Waals surface area contributed by atoms with Gasteiger partial charge in [0.25, 0.3) is 0 Å². The molecule has 1 N–H and O–H groups in total. The van der Waals surface area contributed by atoms with E-state index in [9.17, 15) is 9.59 Å². The molecule has 0 spiro atoms. The van der Waals surface area contributed by atoms with Crippen LogP contribution < -0.4 is 15.8 Å². The van der Waals surface area contributed by atoms with Gasteiger partial charge in [-0.2, -0.15) is 5.10 Å². The molecule has 0 saturated carbocycles. The van der Waals surface area contributed by atoms with Crippen LogP contribution in [0.15, 0.2) is 45.7 Å². The summed E-state index contributed by atoms with van der Waals surface area (Å²) in [6.07, 6.45) is 1.83. The number of esters is 1. The van der Waals surface area contributed by atoms with E-state index < -0.39 is 5.76 Å². The second kappa shape index (κ2) is 8.65. The van der Waals surface area contributed by atoms with Crippen LogP contribution in [0.4, 0.5) is 0 Å². The number of carbonyl (C=O) groups is 1. The lowest BCUT2D eigenvalue weighted by Crippen LogP contribution is -2.45. The van der Waals surface area contributed by atoms with Crippen molar-refractivity contribution in [2.45, 2.75) is 26.1 Å². The van der Waals surface area contributed by atoms with Crippen molar-refractivity contribution in [2.75, 3.05) is 26.7 Å². The van der Waals surface area contributed by atoms with Gasteiger partial charge in [-0.15, -0.1) is 0 Å². The second-order valence-electron chi connectivity index (χ2n) is 9.29. The Balaban J connectivity index is 1.25. The lowest BCUT2D eigenvalue weighted by atomic mass is 9.93. The number of rotatable bonds is 5. The molecule has 1 saturated heterocycles. The van der Waals surface area contributed by atoms with Gasteiger partial charge in [0.1, 0.15) is 6.61 Å². The van der Waals surface area contributed by atoms with Crippen LogP contribution in [0.25, 0.3) is 16.8 Å². The first-order valence-electron chi connectivity index (χ1n) is 11.9. The summed E-state index contributed by atoms with van der Waals surface area (Å²) in [5.74, 6) is 0.0136. The fourth-order valence-corrected chi connectivity index (χ4v) is 5.28. The molecule has 10 heteroatoms. The van der Waals surface area contributed by atoms with E-state index in [1.54, 1.807) is 24.9 Å². The van der Waals surface area contributed by atoms with E-state index in [1.165, 1.54) is 10.1 Å². The van der Waals surface area contributed by atoms with Crippen molar-refractivity contribution < 1.29 is 18.7 Å². The number of fused-ring (bicyclic) bond motifs is 2. The van der Waals surface area contributed by atoms with Crippen LogP contribution >= 0.6 is 0 Å². The van der Waals surface area contributed by atoms with Crippen molar-refractivity contribution in [1.82, 2.24) is 24.6 Å². The van der Waals surface area contributed by atoms with Crippen LogP contribution in [0, 0.1) is 6.92 Å². The van der Waals surface area contributed by atoms with Gasteiger partial charge in [0.2, 0.25) is 5.88 Å². The molecule has 4 aromatic rings. The number of cyclic esters (lactones) is 1. The van der Waals surface area contributed by atoms with Crippen LogP contribution in [-0.4, -0.2) is 52.0 Å². The molecule has 0 radical (unpaired) electrons. The number of hydrogen-bond acceptors (Lipinski definition) is 8. The highest BCUT2D eigenvalue weighted by molar-refractivity contribution is 5.94. The highest BCUT2D eigenvalue weighted by atomic mass is 16.5. The topological polar surface area (TPSA) is 104 Å². The number of aromatic nitrogens is 3. The molecule has 2 aliphatic heterocycles. The summed E-state index contributed by atoms with van der Waals surface area (Å²) in [6, 6.07) is 9.56. The third-order valence-corrected chi connectivity index (χ3v) is 7.25. The summed E-state index contributed by atoms with van der Waals surface area (Å²) in [5.41, 5.74) is 6.96. The maximum atomic E-state index is 11.9. The molecule has 10 nitrogen and oxygen atoms in total. The lowest BCUT2D eigenvalue weighted by molar-refractivity contribution is 0.0535. The summed E-state index contributed by atoms with van der Waals surface area (Å²) in [6.45, 7) is 5.64. The zero-order valence-electron chi connectivity index (χ0n) is 20.4. The molecule has 1 unspecified atom stereocenters. The number of piperazine rings is 1. The molecular weight excluding hydrogens is 462 g/mol. The molecule has 0 aliphatic carbocycles. The SMILES string of the molecule is COc1c(CN2CCNC(c3ccc4c(c3C)COC4=O)C2)cnn1-c1ccc2oc(=O)n(C)c2c1. The average Bonchev–Trinajstić information content (AvgIpc) is 3.55. The van der Waals surface area contributed by atoms with E-state index in [2.05, 4.69) is 22.2 Å². The highest BCUT2D eigenvalue weighted by Gasteiger charge is 2.29. The Kier molecular flexibility index (Phi) is 5.42. The average molecular weight is 490 g/mol. The molecule has 6 rings (SSSR count). The summed E-state index contributed by atoms with van der Waals surface area (Å²) < 4.78 is 19.5. The molecule has 2 aliphatic rings. The number of benzene rings is 2. The van der Waals surface area contributed by atoms with Gasteiger partial charge in [0, 0.05) is 50.4 Å². The number of aryl methyl sites for hydroxylation is 1. The number of nitrogens with zero attached hydrogens (tertiary/aromatic N) is 4. The van der Waals surface area contributed by atoms with Gasteiger partial charge in [-0.25, -0.2) is 14.3 Å². The largest absolute Gasteiger partial charge is 0.481 e. The van der Waals surface area contributed by atoms with Crippen LogP contribution in [0.2, 0.25) is 0 Å². The third-order valence-electron chi connectivity index (χ3n) is 7.25. The highest BCUT2D eigenvalue weighted by Crippen LogP contribution is 2.31. The molecule has 186 valence electrons. The Morgan fingerprint density at radius 1 is 1.22 bits per heavy atom. The summed E-state index contributed by atoms with van der Waals surface area (Å²) in [5, 5.41) is 8.21. The van der Waals surface area contributed by atoms with Gasteiger partial charge in [-0.3, -0.25) is 9.47 Å². The number of nitrogens with one attached hydrogen (secondary N) is 1. The Morgan fingerprint density at radius 3 is 2.92 bits per heavy atom. The molecule has 36 heavy (non-hydrogen) atoms. The normalized spacial score (nSPS) is 18.0. The first-order valence-corrected chi connectivity index (χ1v) is 11.9. The predicted octanol–water partition coefficient (Wildman–Crippen LogP) is 2.45. The van der Waals surface area contributed by atoms with E-state index in [-0.39, 0.29) is 12.0 Å².